The molecular formula is C19H23FN2O3S. The Balaban J connectivity index is 2.36. The Morgan fingerprint density at radius 1 is 1.19 bits per heavy atom. The molecule has 0 aliphatic heterocycles. The number of benzene rings is 2. The smallest absolute Gasteiger partial charge is 0.248 e. The third-order valence-electron chi connectivity index (χ3n) is 4.16. The first-order valence-electron chi connectivity index (χ1n) is 8.29. The van der Waals surface area contributed by atoms with Crippen LogP contribution in [0.15, 0.2) is 42.5 Å². The standard InChI is InChI=1S/C19H23FN2O3S/c1-5-15-8-6-7-13(2)18(15)21-19(23)14(3)22(26(4,24)25)17-11-9-16(20)10-12-17/h6-12,14H,5H2,1-4H3,(H,21,23)/t14-/m0/s1. The molecule has 0 fully saturated rings. The fourth-order valence-corrected chi connectivity index (χ4v) is 4.00. The molecule has 0 aliphatic carbocycles. The average molecular weight is 378 g/mol. The molecule has 5 nitrogen and oxygen atoms in total. The number of anilines is 2. The molecule has 0 aliphatic rings. The normalized spacial score (nSPS) is 12.5. The van der Waals surface area contributed by atoms with E-state index in [0.29, 0.717) is 5.69 Å². The van der Waals surface area contributed by atoms with Crippen molar-refractivity contribution in [2.24, 2.45) is 0 Å². The Morgan fingerprint density at radius 2 is 1.81 bits per heavy atom. The van der Waals surface area contributed by atoms with Crippen molar-refractivity contribution >= 4 is 27.3 Å². The van der Waals surface area contributed by atoms with Crippen LogP contribution in [0, 0.1) is 12.7 Å². The third kappa shape index (κ3) is 4.40. The molecule has 2 rings (SSSR count). The molecule has 0 spiro atoms. The topological polar surface area (TPSA) is 66.5 Å². The van der Waals surface area contributed by atoms with Crippen LogP contribution in [0.3, 0.4) is 0 Å². The molecule has 0 bridgehead atoms. The van der Waals surface area contributed by atoms with Crippen LogP contribution >= 0.6 is 0 Å². The highest BCUT2D eigenvalue weighted by molar-refractivity contribution is 7.92. The molecule has 2 aromatic carbocycles. The van der Waals surface area contributed by atoms with Gasteiger partial charge in [-0.15, -0.1) is 0 Å². The van der Waals surface area contributed by atoms with E-state index in [1.54, 1.807) is 0 Å². The zero-order valence-corrected chi connectivity index (χ0v) is 16.1. The second-order valence-electron chi connectivity index (χ2n) is 6.16. The number of amides is 1. The molecule has 2 aromatic rings. The minimum absolute atomic E-state index is 0.233. The van der Waals surface area contributed by atoms with Crippen LogP contribution in [0.2, 0.25) is 0 Å². The fourth-order valence-electron chi connectivity index (χ4n) is 2.83. The first-order valence-corrected chi connectivity index (χ1v) is 10.1. The third-order valence-corrected chi connectivity index (χ3v) is 5.40. The van der Waals surface area contributed by atoms with Gasteiger partial charge in [0.05, 0.1) is 11.9 Å². The number of aryl methyl sites for hydroxylation is 2. The molecule has 26 heavy (non-hydrogen) atoms. The van der Waals surface area contributed by atoms with E-state index in [0.717, 1.165) is 40.2 Å². The van der Waals surface area contributed by atoms with E-state index in [9.17, 15) is 17.6 Å². The zero-order valence-electron chi connectivity index (χ0n) is 15.3. The molecule has 0 saturated carbocycles. The van der Waals surface area contributed by atoms with E-state index < -0.39 is 27.8 Å². The van der Waals surface area contributed by atoms with Crippen molar-refractivity contribution in [1.29, 1.82) is 0 Å². The van der Waals surface area contributed by atoms with Gasteiger partial charge in [-0.1, -0.05) is 25.1 Å². The number of nitrogens with one attached hydrogen (secondary N) is 1. The van der Waals surface area contributed by atoms with E-state index in [1.165, 1.54) is 19.1 Å². The Kier molecular flexibility index (Phi) is 6.02. The predicted octanol–water partition coefficient (Wildman–Crippen LogP) is 3.49. The largest absolute Gasteiger partial charge is 0.324 e. The van der Waals surface area contributed by atoms with Crippen molar-refractivity contribution in [3.05, 3.63) is 59.4 Å². The first-order chi connectivity index (χ1) is 12.1. The summed E-state index contributed by atoms with van der Waals surface area (Å²) in [4.78, 5) is 12.8. The summed E-state index contributed by atoms with van der Waals surface area (Å²) in [5.74, 6) is -0.935. The van der Waals surface area contributed by atoms with Gasteiger partial charge in [0, 0.05) is 5.69 Å². The molecule has 0 aromatic heterocycles. The summed E-state index contributed by atoms with van der Waals surface area (Å²) < 4.78 is 38.7. The number of carbonyl (C=O) groups is 1. The van der Waals surface area contributed by atoms with E-state index in [4.69, 9.17) is 0 Å². The van der Waals surface area contributed by atoms with Crippen molar-refractivity contribution in [1.82, 2.24) is 0 Å². The molecule has 1 N–H and O–H groups in total. The monoisotopic (exact) mass is 378 g/mol. The van der Waals surface area contributed by atoms with Gasteiger partial charge in [-0.25, -0.2) is 12.8 Å². The van der Waals surface area contributed by atoms with Gasteiger partial charge in [0.2, 0.25) is 15.9 Å². The molecule has 0 heterocycles. The number of sulfonamides is 1. The molecular weight excluding hydrogens is 355 g/mol. The van der Waals surface area contributed by atoms with E-state index in [2.05, 4.69) is 5.32 Å². The van der Waals surface area contributed by atoms with Gasteiger partial charge in [0.1, 0.15) is 11.9 Å². The summed E-state index contributed by atoms with van der Waals surface area (Å²) in [5, 5.41) is 2.84. The van der Waals surface area contributed by atoms with Gasteiger partial charge in [0.25, 0.3) is 0 Å². The van der Waals surface area contributed by atoms with E-state index in [1.807, 2.05) is 32.0 Å². The molecule has 1 atom stereocenters. The summed E-state index contributed by atoms with van der Waals surface area (Å²) in [6.45, 7) is 5.37. The second-order valence-corrected chi connectivity index (χ2v) is 8.02. The number of hydrogen-bond donors (Lipinski definition) is 1. The van der Waals surface area contributed by atoms with Gasteiger partial charge in [-0.3, -0.25) is 9.10 Å². The number of carbonyl (C=O) groups excluding carboxylic acids is 1. The van der Waals surface area contributed by atoms with Crippen LogP contribution in [0.25, 0.3) is 0 Å². The van der Waals surface area contributed by atoms with Gasteiger partial charge >= 0.3 is 0 Å². The van der Waals surface area contributed by atoms with E-state index in [-0.39, 0.29) is 5.69 Å². The average Bonchev–Trinajstić information content (AvgIpc) is 2.57. The maximum atomic E-state index is 13.2. The van der Waals surface area contributed by atoms with Crippen molar-refractivity contribution in [3.8, 4) is 0 Å². The maximum absolute atomic E-state index is 13.2. The van der Waals surface area contributed by atoms with Crippen molar-refractivity contribution in [2.75, 3.05) is 15.9 Å². The highest BCUT2D eigenvalue weighted by Gasteiger charge is 2.29. The lowest BCUT2D eigenvalue weighted by Crippen LogP contribution is -2.45. The predicted molar refractivity (Wildman–Crippen MR) is 102 cm³/mol. The number of rotatable bonds is 6. The molecule has 0 radical (unpaired) electrons. The molecule has 0 saturated heterocycles. The van der Waals surface area contributed by atoms with Gasteiger partial charge in [-0.2, -0.15) is 0 Å². The maximum Gasteiger partial charge on any atom is 0.248 e. The van der Waals surface area contributed by atoms with Crippen molar-refractivity contribution in [2.45, 2.75) is 33.2 Å². The summed E-state index contributed by atoms with van der Waals surface area (Å²) in [6, 6.07) is 9.71. The minimum atomic E-state index is -3.74. The SMILES string of the molecule is CCc1cccc(C)c1NC(=O)[C@H](C)N(c1ccc(F)cc1)S(C)(=O)=O. The minimum Gasteiger partial charge on any atom is -0.324 e. The lowest BCUT2D eigenvalue weighted by Gasteiger charge is -2.28. The Morgan fingerprint density at radius 3 is 2.35 bits per heavy atom. The number of nitrogens with zero attached hydrogens (tertiary/aromatic N) is 1. The van der Waals surface area contributed by atoms with Crippen LogP contribution in [-0.2, 0) is 21.2 Å². The molecule has 0 unspecified atom stereocenters. The van der Waals surface area contributed by atoms with Crippen LogP contribution in [0.5, 0.6) is 0 Å². The lowest BCUT2D eigenvalue weighted by molar-refractivity contribution is -0.116. The number of para-hydroxylation sites is 1. The summed E-state index contributed by atoms with van der Waals surface area (Å²) >= 11 is 0. The Labute approximate surface area is 153 Å². The van der Waals surface area contributed by atoms with Gasteiger partial charge in [-0.05, 0) is 55.7 Å². The van der Waals surface area contributed by atoms with Crippen LogP contribution < -0.4 is 9.62 Å². The van der Waals surface area contributed by atoms with Crippen molar-refractivity contribution in [3.63, 3.8) is 0 Å². The Bertz CT molecular complexity index is 896. The lowest BCUT2D eigenvalue weighted by atomic mass is 10.1. The zero-order chi connectivity index (χ0) is 19.5. The highest BCUT2D eigenvalue weighted by atomic mass is 32.2. The molecule has 7 heteroatoms. The second kappa shape index (κ2) is 7.86. The van der Waals surface area contributed by atoms with Gasteiger partial charge in [0.15, 0.2) is 0 Å². The summed E-state index contributed by atoms with van der Waals surface area (Å²) in [6.07, 6.45) is 1.75. The van der Waals surface area contributed by atoms with Gasteiger partial charge < -0.3 is 5.32 Å². The quantitative estimate of drug-likeness (QED) is 0.837. The Hall–Kier alpha value is -2.41. The van der Waals surface area contributed by atoms with Crippen LogP contribution in [0.1, 0.15) is 25.0 Å². The molecule has 140 valence electrons. The van der Waals surface area contributed by atoms with E-state index >= 15 is 0 Å². The van der Waals surface area contributed by atoms with Crippen LogP contribution in [0.4, 0.5) is 15.8 Å². The number of hydrogen-bond acceptors (Lipinski definition) is 3. The van der Waals surface area contributed by atoms with Crippen molar-refractivity contribution < 1.29 is 17.6 Å². The summed E-state index contributed by atoms with van der Waals surface area (Å²) in [7, 11) is -3.74. The molecule has 1 amide bonds. The number of halogens is 1. The highest BCUT2D eigenvalue weighted by Crippen LogP contribution is 2.24. The fraction of sp³-hybridized carbons (Fsp3) is 0.316. The summed E-state index contributed by atoms with van der Waals surface area (Å²) in [5.41, 5.74) is 2.80. The van der Waals surface area contributed by atoms with Crippen LogP contribution in [-0.4, -0.2) is 26.6 Å². The first kappa shape index (κ1) is 19.9.